The lowest BCUT2D eigenvalue weighted by Crippen LogP contribution is -2.46. The van der Waals surface area contributed by atoms with E-state index in [0.29, 0.717) is 48.8 Å². The molecule has 6 rings (SSSR count). The molecule has 4 atom stereocenters. The van der Waals surface area contributed by atoms with Crippen LogP contribution in [0.4, 0.5) is 13.6 Å². The van der Waals surface area contributed by atoms with E-state index in [9.17, 15) is 19.2 Å². The van der Waals surface area contributed by atoms with E-state index >= 15 is 8.78 Å². The number of hydrogen-bond acceptors (Lipinski definition) is 8. The average molecular weight is 718 g/mol. The molecular weight excluding hydrogens is 676 g/mol. The molecule has 2 aromatic carbocycles. The summed E-state index contributed by atoms with van der Waals surface area (Å²) >= 11 is 0. The van der Waals surface area contributed by atoms with Gasteiger partial charge in [0.05, 0.1) is 56.5 Å². The zero-order valence-electron chi connectivity index (χ0n) is 29.4. The topological polar surface area (TPSA) is 163 Å². The van der Waals surface area contributed by atoms with Gasteiger partial charge < -0.3 is 34.6 Å². The maximum absolute atomic E-state index is 15.6. The molecule has 3 amide bonds. The number of amides is 3. The number of esters is 1. The van der Waals surface area contributed by atoms with Crippen LogP contribution in [-0.2, 0) is 23.9 Å². The first-order chi connectivity index (χ1) is 25.0. The molecule has 0 unspecified atom stereocenters. The van der Waals surface area contributed by atoms with E-state index in [1.165, 1.54) is 20.4 Å². The van der Waals surface area contributed by atoms with Crippen molar-refractivity contribution in [1.29, 1.82) is 0 Å². The van der Waals surface area contributed by atoms with Gasteiger partial charge in [-0.1, -0.05) is 31.2 Å². The van der Waals surface area contributed by atoms with Crippen LogP contribution in [0.25, 0.3) is 33.6 Å². The minimum absolute atomic E-state index is 0.00247. The third kappa shape index (κ3) is 7.39. The minimum Gasteiger partial charge on any atom is -0.469 e. The summed E-state index contributed by atoms with van der Waals surface area (Å²) in [5.41, 5.74) is 2.30. The highest BCUT2D eigenvalue weighted by atomic mass is 19.1. The number of alkyl carbamates (subject to hydrolysis) is 1. The van der Waals surface area contributed by atoms with E-state index in [1.807, 2.05) is 0 Å². The number of aromatic nitrogens is 4. The highest BCUT2D eigenvalue weighted by Gasteiger charge is 2.36. The van der Waals surface area contributed by atoms with Gasteiger partial charge in [-0.05, 0) is 55.9 Å². The fourth-order valence-electron chi connectivity index (χ4n) is 6.98. The molecule has 0 aliphatic carbocycles. The molecule has 52 heavy (non-hydrogen) atoms. The molecule has 3 N–H and O–H groups in total. The van der Waals surface area contributed by atoms with Gasteiger partial charge >= 0.3 is 12.1 Å². The van der Waals surface area contributed by atoms with E-state index in [4.69, 9.17) is 4.74 Å². The second-order valence-electron chi connectivity index (χ2n) is 13.2. The summed E-state index contributed by atoms with van der Waals surface area (Å²) in [4.78, 5) is 68.2. The van der Waals surface area contributed by atoms with Crippen molar-refractivity contribution < 1.29 is 37.4 Å². The average Bonchev–Trinajstić information content (AvgIpc) is 3.98. The highest BCUT2D eigenvalue weighted by Crippen LogP contribution is 2.36. The van der Waals surface area contributed by atoms with Gasteiger partial charge in [0.2, 0.25) is 11.8 Å². The number of ether oxygens (including phenoxy) is 2. The molecule has 4 aromatic rings. The van der Waals surface area contributed by atoms with Gasteiger partial charge in [0.25, 0.3) is 0 Å². The molecule has 13 nitrogen and oxygen atoms in total. The number of carbonyl (C=O) groups is 4. The van der Waals surface area contributed by atoms with E-state index in [-0.39, 0.29) is 41.1 Å². The third-order valence-corrected chi connectivity index (χ3v) is 9.76. The zero-order chi connectivity index (χ0) is 37.1. The van der Waals surface area contributed by atoms with Crippen molar-refractivity contribution in [2.75, 3.05) is 27.3 Å². The van der Waals surface area contributed by atoms with Gasteiger partial charge in [-0.15, -0.1) is 0 Å². The SMILES string of the molecule is COC(=O)C[C@@H](C)C(=O)N1CCC[C@H]1c1ncc(-c2ccc(-c3cc(F)c(-c4cnc([C@@H]5CCCN5C(=O)[C@H](C)NC(=O)OC)[nH]4)cc3F)cc2)[nH]1. The Morgan fingerprint density at radius 3 is 1.96 bits per heavy atom. The summed E-state index contributed by atoms with van der Waals surface area (Å²) in [6, 6.07) is 7.75. The molecule has 2 aliphatic rings. The van der Waals surface area contributed by atoms with Gasteiger partial charge in [0.15, 0.2) is 0 Å². The van der Waals surface area contributed by atoms with Crippen molar-refractivity contribution in [2.24, 2.45) is 5.92 Å². The second-order valence-corrected chi connectivity index (χ2v) is 13.2. The summed E-state index contributed by atoms with van der Waals surface area (Å²) in [6.07, 6.45) is 5.27. The maximum Gasteiger partial charge on any atom is 0.407 e. The number of halogens is 2. The third-order valence-electron chi connectivity index (χ3n) is 9.76. The largest absolute Gasteiger partial charge is 0.469 e. The molecule has 274 valence electrons. The van der Waals surface area contributed by atoms with Crippen molar-refractivity contribution in [1.82, 2.24) is 35.1 Å². The Morgan fingerprint density at radius 1 is 0.808 bits per heavy atom. The summed E-state index contributed by atoms with van der Waals surface area (Å²) < 4.78 is 40.5. The summed E-state index contributed by atoms with van der Waals surface area (Å²) in [7, 11) is 2.51. The standard InChI is InChI=1S/C37H41F2N7O6/c1-20(15-32(47)51-3)35(48)45-13-5-7-30(45)33-40-18-28(43-33)23-11-9-22(10-12-23)24-16-27(39)25(17-26(24)38)29-19-41-34(44-29)31-8-6-14-46(31)36(49)21(2)42-37(50)52-4/h9-12,16-21,30-31H,5-8,13-15H2,1-4H3,(H,40,43)(H,41,44)(H,42,50)/t20-,21+,30+,31+/m1/s1. The molecule has 0 bridgehead atoms. The van der Waals surface area contributed by atoms with E-state index in [0.717, 1.165) is 30.5 Å². The molecule has 0 saturated carbocycles. The van der Waals surface area contributed by atoms with Crippen molar-refractivity contribution in [2.45, 2.75) is 64.1 Å². The first-order valence-electron chi connectivity index (χ1n) is 17.2. The number of carbonyl (C=O) groups excluding carboxylic acids is 4. The quantitative estimate of drug-likeness (QED) is 0.177. The van der Waals surface area contributed by atoms with Crippen LogP contribution in [-0.4, -0.2) is 87.0 Å². The molecule has 4 heterocycles. The summed E-state index contributed by atoms with van der Waals surface area (Å²) in [5.74, 6) is -1.58. The predicted octanol–water partition coefficient (Wildman–Crippen LogP) is 5.68. The Hall–Kier alpha value is -5.60. The maximum atomic E-state index is 15.6. The lowest BCUT2D eigenvalue weighted by Gasteiger charge is -2.26. The number of imidazole rings is 2. The Balaban J connectivity index is 1.14. The monoisotopic (exact) mass is 717 g/mol. The smallest absolute Gasteiger partial charge is 0.407 e. The number of aromatic amines is 2. The van der Waals surface area contributed by atoms with E-state index in [1.54, 1.807) is 54.1 Å². The Bertz CT molecular complexity index is 1960. The lowest BCUT2D eigenvalue weighted by molar-refractivity contribution is -0.146. The Kier molecular flexibility index (Phi) is 10.7. The number of rotatable bonds is 10. The van der Waals surface area contributed by atoms with Crippen LogP contribution in [0.1, 0.15) is 69.7 Å². The second kappa shape index (κ2) is 15.3. The van der Waals surface area contributed by atoms with Crippen molar-refractivity contribution in [3.05, 3.63) is 72.1 Å². The summed E-state index contributed by atoms with van der Waals surface area (Å²) in [6.45, 7) is 4.31. The van der Waals surface area contributed by atoms with Gasteiger partial charge in [-0.3, -0.25) is 14.4 Å². The molecule has 2 aliphatic heterocycles. The molecule has 2 aromatic heterocycles. The van der Waals surface area contributed by atoms with Crippen LogP contribution in [0, 0.1) is 17.6 Å². The van der Waals surface area contributed by atoms with Gasteiger partial charge in [-0.25, -0.2) is 23.5 Å². The minimum atomic E-state index is -0.817. The van der Waals surface area contributed by atoms with Crippen LogP contribution in [0.5, 0.6) is 0 Å². The number of nitrogens with one attached hydrogen (secondary N) is 3. The fourth-order valence-corrected chi connectivity index (χ4v) is 6.98. The number of benzene rings is 2. The van der Waals surface area contributed by atoms with Crippen LogP contribution in [0.3, 0.4) is 0 Å². The first-order valence-corrected chi connectivity index (χ1v) is 17.2. The number of H-pyrrole nitrogens is 2. The predicted molar refractivity (Wildman–Crippen MR) is 185 cm³/mol. The Morgan fingerprint density at radius 2 is 1.35 bits per heavy atom. The number of methoxy groups -OCH3 is 2. The normalized spacial score (nSPS) is 18.3. The number of nitrogens with zero attached hydrogens (tertiary/aromatic N) is 4. The highest BCUT2D eigenvalue weighted by molar-refractivity contribution is 5.86. The molecule has 2 fully saturated rings. The Labute approximate surface area is 299 Å². The zero-order valence-corrected chi connectivity index (χ0v) is 29.4. The van der Waals surface area contributed by atoms with Crippen molar-refractivity contribution >= 4 is 23.9 Å². The fraction of sp³-hybridized carbons (Fsp3) is 0.405. The van der Waals surface area contributed by atoms with Crippen LogP contribution in [0.2, 0.25) is 0 Å². The molecule has 2 saturated heterocycles. The van der Waals surface area contributed by atoms with Gasteiger partial charge in [-0.2, -0.15) is 0 Å². The van der Waals surface area contributed by atoms with Gasteiger partial charge in [0.1, 0.15) is 29.3 Å². The first kappa shape index (κ1) is 36.2. The number of hydrogen-bond donors (Lipinski definition) is 3. The van der Waals surface area contributed by atoms with Crippen LogP contribution in [0.15, 0.2) is 48.8 Å². The van der Waals surface area contributed by atoms with Crippen LogP contribution >= 0.6 is 0 Å². The van der Waals surface area contributed by atoms with Crippen molar-refractivity contribution in [3.8, 4) is 33.6 Å². The van der Waals surface area contributed by atoms with Gasteiger partial charge in [0, 0.05) is 30.1 Å². The van der Waals surface area contributed by atoms with E-state index < -0.39 is 41.7 Å². The molecule has 15 heteroatoms. The molecule has 0 spiro atoms. The lowest BCUT2D eigenvalue weighted by atomic mass is 10.00. The van der Waals surface area contributed by atoms with Crippen LogP contribution < -0.4 is 5.32 Å². The van der Waals surface area contributed by atoms with E-state index in [2.05, 4.69) is 30.0 Å². The van der Waals surface area contributed by atoms with Crippen molar-refractivity contribution in [3.63, 3.8) is 0 Å². The summed E-state index contributed by atoms with van der Waals surface area (Å²) in [5, 5.41) is 2.48. The molecule has 0 radical (unpaired) electrons. The molecular formula is C37H41F2N7O6. The number of likely N-dealkylation sites (tertiary alicyclic amines) is 2.